The molecule has 1 aromatic heterocycles. The van der Waals surface area contributed by atoms with Crippen molar-refractivity contribution in [2.24, 2.45) is 0 Å². The summed E-state index contributed by atoms with van der Waals surface area (Å²) >= 11 is 7.53. The average Bonchev–Trinajstić information content (AvgIpc) is 2.62. The quantitative estimate of drug-likeness (QED) is 0.700. The predicted octanol–water partition coefficient (Wildman–Crippen LogP) is 4.46. The van der Waals surface area contributed by atoms with Gasteiger partial charge in [0, 0.05) is 17.5 Å². The van der Waals surface area contributed by atoms with Crippen molar-refractivity contribution in [2.45, 2.75) is 52.1 Å². The van der Waals surface area contributed by atoms with Crippen molar-refractivity contribution < 1.29 is 0 Å². The van der Waals surface area contributed by atoms with Crippen molar-refractivity contribution >= 4 is 22.9 Å². The molecular formula is C12H20ClNS. The largest absolute Gasteiger partial charge is 0.309 e. The molecule has 0 aliphatic rings. The summed E-state index contributed by atoms with van der Waals surface area (Å²) in [4.78, 5) is 1.32. The first kappa shape index (κ1) is 13.0. The van der Waals surface area contributed by atoms with Crippen LogP contribution in [0, 0.1) is 0 Å². The van der Waals surface area contributed by atoms with Crippen molar-refractivity contribution in [3.63, 3.8) is 0 Å². The van der Waals surface area contributed by atoms with Gasteiger partial charge in [-0.05, 0) is 25.5 Å². The fourth-order valence-corrected chi connectivity index (χ4v) is 2.56. The van der Waals surface area contributed by atoms with Crippen LogP contribution in [0.25, 0.3) is 0 Å². The molecule has 0 saturated heterocycles. The molecule has 1 aromatic rings. The standard InChI is InChI=1S/C12H20ClNS/c1-3-4-5-6-10(2)14-9-11-7-8-12(13)15-11/h7-8,10,14H,3-6,9H2,1-2H3. The Bertz CT molecular complexity index is 272. The van der Waals surface area contributed by atoms with Crippen molar-refractivity contribution in [3.05, 3.63) is 21.3 Å². The second-order valence-corrected chi connectivity index (χ2v) is 5.78. The maximum absolute atomic E-state index is 5.87. The van der Waals surface area contributed by atoms with Gasteiger partial charge in [0.15, 0.2) is 0 Å². The monoisotopic (exact) mass is 245 g/mol. The third-order valence-corrected chi connectivity index (χ3v) is 3.73. The minimum absolute atomic E-state index is 0.609. The Kier molecular flexibility index (Phi) is 6.30. The molecule has 1 unspecified atom stereocenters. The highest BCUT2D eigenvalue weighted by Crippen LogP contribution is 2.21. The lowest BCUT2D eigenvalue weighted by Gasteiger charge is -2.12. The molecule has 0 spiro atoms. The van der Waals surface area contributed by atoms with Crippen molar-refractivity contribution in [1.29, 1.82) is 0 Å². The molecule has 15 heavy (non-hydrogen) atoms. The summed E-state index contributed by atoms with van der Waals surface area (Å²) < 4.78 is 0.880. The van der Waals surface area contributed by atoms with Gasteiger partial charge in [-0.25, -0.2) is 0 Å². The van der Waals surface area contributed by atoms with Crippen LogP contribution >= 0.6 is 22.9 Å². The first-order chi connectivity index (χ1) is 7.22. The molecule has 1 nitrogen and oxygen atoms in total. The summed E-state index contributed by atoms with van der Waals surface area (Å²) in [5, 5.41) is 3.52. The van der Waals surface area contributed by atoms with Crippen LogP contribution in [0.1, 0.15) is 44.4 Å². The van der Waals surface area contributed by atoms with Gasteiger partial charge >= 0.3 is 0 Å². The first-order valence-corrected chi connectivity index (χ1v) is 6.89. The maximum atomic E-state index is 5.87. The minimum atomic E-state index is 0.609. The fourth-order valence-electron chi connectivity index (χ4n) is 1.52. The predicted molar refractivity (Wildman–Crippen MR) is 69.8 cm³/mol. The lowest BCUT2D eigenvalue weighted by Crippen LogP contribution is -2.24. The van der Waals surface area contributed by atoms with Crippen LogP contribution in [-0.4, -0.2) is 6.04 Å². The number of nitrogens with one attached hydrogen (secondary N) is 1. The summed E-state index contributed by atoms with van der Waals surface area (Å²) in [6, 6.07) is 4.67. The van der Waals surface area contributed by atoms with Crippen LogP contribution in [0.15, 0.2) is 12.1 Å². The van der Waals surface area contributed by atoms with Gasteiger partial charge in [-0.15, -0.1) is 11.3 Å². The van der Waals surface area contributed by atoms with Gasteiger partial charge in [0.1, 0.15) is 0 Å². The molecule has 0 saturated carbocycles. The number of halogens is 1. The van der Waals surface area contributed by atoms with Crippen LogP contribution in [0.5, 0.6) is 0 Å². The SMILES string of the molecule is CCCCCC(C)NCc1ccc(Cl)s1. The van der Waals surface area contributed by atoms with Gasteiger partial charge in [-0.1, -0.05) is 37.8 Å². The van der Waals surface area contributed by atoms with E-state index in [4.69, 9.17) is 11.6 Å². The van der Waals surface area contributed by atoms with E-state index in [-0.39, 0.29) is 0 Å². The van der Waals surface area contributed by atoms with Crippen LogP contribution in [-0.2, 0) is 6.54 Å². The zero-order valence-electron chi connectivity index (χ0n) is 9.55. The summed E-state index contributed by atoms with van der Waals surface area (Å²) in [7, 11) is 0. The van der Waals surface area contributed by atoms with Gasteiger partial charge in [0.2, 0.25) is 0 Å². The zero-order chi connectivity index (χ0) is 11.1. The van der Waals surface area contributed by atoms with E-state index in [0.29, 0.717) is 6.04 Å². The summed E-state index contributed by atoms with van der Waals surface area (Å²) in [5.74, 6) is 0. The molecule has 0 fully saturated rings. The lowest BCUT2D eigenvalue weighted by molar-refractivity contribution is 0.489. The molecule has 86 valence electrons. The third kappa shape index (κ3) is 5.55. The van der Waals surface area contributed by atoms with Crippen LogP contribution < -0.4 is 5.32 Å². The fraction of sp³-hybridized carbons (Fsp3) is 0.667. The van der Waals surface area contributed by atoms with Crippen molar-refractivity contribution in [3.8, 4) is 0 Å². The molecule has 1 rings (SSSR count). The minimum Gasteiger partial charge on any atom is -0.309 e. The number of hydrogen-bond acceptors (Lipinski definition) is 2. The van der Waals surface area contributed by atoms with Crippen LogP contribution in [0.2, 0.25) is 4.34 Å². The lowest BCUT2D eigenvalue weighted by atomic mass is 10.1. The van der Waals surface area contributed by atoms with E-state index in [2.05, 4.69) is 25.2 Å². The highest BCUT2D eigenvalue weighted by Gasteiger charge is 2.02. The Morgan fingerprint density at radius 1 is 1.40 bits per heavy atom. The van der Waals surface area contributed by atoms with E-state index >= 15 is 0 Å². The van der Waals surface area contributed by atoms with E-state index in [1.807, 2.05) is 6.07 Å². The number of rotatable bonds is 7. The van der Waals surface area contributed by atoms with Crippen LogP contribution in [0.4, 0.5) is 0 Å². The van der Waals surface area contributed by atoms with E-state index in [1.165, 1.54) is 30.6 Å². The van der Waals surface area contributed by atoms with Gasteiger partial charge in [-0.2, -0.15) is 0 Å². The molecule has 0 bridgehead atoms. The number of thiophene rings is 1. The second kappa shape index (κ2) is 7.26. The Morgan fingerprint density at radius 3 is 2.80 bits per heavy atom. The Labute approximate surface area is 102 Å². The Morgan fingerprint density at radius 2 is 2.20 bits per heavy atom. The van der Waals surface area contributed by atoms with E-state index in [0.717, 1.165) is 10.9 Å². The van der Waals surface area contributed by atoms with Gasteiger partial charge < -0.3 is 5.32 Å². The number of hydrogen-bond donors (Lipinski definition) is 1. The number of unbranched alkanes of at least 4 members (excludes halogenated alkanes) is 2. The summed E-state index contributed by atoms with van der Waals surface area (Å²) in [6.07, 6.45) is 5.24. The smallest absolute Gasteiger partial charge is 0.0931 e. The normalized spacial score (nSPS) is 13.0. The summed E-state index contributed by atoms with van der Waals surface area (Å²) in [5.41, 5.74) is 0. The van der Waals surface area contributed by atoms with E-state index < -0.39 is 0 Å². The molecule has 0 aliphatic heterocycles. The van der Waals surface area contributed by atoms with E-state index in [9.17, 15) is 0 Å². The van der Waals surface area contributed by atoms with Gasteiger partial charge in [0.05, 0.1) is 4.34 Å². The van der Waals surface area contributed by atoms with Gasteiger partial charge in [-0.3, -0.25) is 0 Å². The average molecular weight is 246 g/mol. The highest BCUT2D eigenvalue weighted by atomic mass is 35.5. The topological polar surface area (TPSA) is 12.0 Å². The Hall–Kier alpha value is -0.0500. The first-order valence-electron chi connectivity index (χ1n) is 5.70. The Balaban J connectivity index is 2.13. The summed E-state index contributed by atoms with van der Waals surface area (Å²) in [6.45, 7) is 5.45. The molecule has 0 amide bonds. The highest BCUT2D eigenvalue weighted by molar-refractivity contribution is 7.16. The second-order valence-electron chi connectivity index (χ2n) is 3.98. The maximum Gasteiger partial charge on any atom is 0.0931 e. The van der Waals surface area contributed by atoms with Crippen molar-refractivity contribution in [2.75, 3.05) is 0 Å². The van der Waals surface area contributed by atoms with E-state index in [1.54, 1.807) is 11.3 Å². The molecule has 0 aromatic carbocycles. The molecule has 1 heterocycles. The van der Waals surface area contributed by atoms with Crippen LogP contribution in [0.3, 0.4) is 0 Å². The van der Waals surface area contributed by atoms with Crippen molar-refractivity contribution in [1.82, 2.24) is 5.32 Å². The molecule has 1 N–H and O–H groups in total. The molecule has 3 heteroatoms. The van der Waals surface area contributed by atoms with Gasteiger partial charge in [0.25, 0.3) is 0 Å². The molecule has 1 atom stereocenters. The molecule has 0 aliphatic carbocycles. The molecule has 0 radical (unpaired) electrons. The zero-order valence-corrected chi connectivity index (χ0v) is 11.1. The third-order valence-electron chi connectivity index (χ3n) is 2.49. The molecular weight excluding hydrogens is 226 g/mol.